The summed E-state index contributed by atoms with van der Waals surface area (Å²) in [5.74, 6) is -0.945. The fourth-order valence-electron chi connectivity index (χ4n) is 5.28. The maximum absolute atomic E-state index is 12.6. The monoisotopic (exact) mass is 816 g/mol. The van der Waals surface area contributed by atoms with Gasteiger partial charge in [0, 0.05) is 19.4 Å². The SMILES string of the molecule is CCC=CCC=CCC=CCC=CCC=CCC=CCCC(=O)OC(COC(=O)CCCCCCCCCC=CCC=CCCCCC)COP(=O)(O)OCCN. The van der Waals surface area contributed by atoms with Crippen LogP contribution in [0.1, 0.15) is 155 Å². The Morgan fingerprint density at radius 1 is 0.544 bits per heavy atom. The molecule has 0 radical (unpaired) electrons. The number of nitrogens with two attached hydrogens (primary N) is 1. The van der Waals surface area contributed by atoms with Crippen LogP contribution in [0.25, 0.3) is 0 Å². The Balaban J connectivity index is 4.32. The van der Waals surface area contributed by atoms with E-state index in [-0.39, 0.29) is 32.6 Å². The van der Waals surface area contributed by atoms with Crippen LogP contribution in [0.4, 0.5) is 0 Å². The molecule has 0 aliphatic heterocycles. The number of unbranched alkanes of at least 4 members (excludes halogenated alkanes) is 10. The maximum atomic E-state index is 12.6. The number of hydrogen-bond donors (Lipinski definition) is 2. The molecule has 0 aromatic rings. The summed E-state index contributed by atoms with van der Waals surface area (Å²) in [5, 5.41) is 0. The van der Waals surface area contributed by atoms with Gasteiger partial charge in [0.05, 0.1) is 13.2 Å². The Bertz CT molecular complexity index is 1250. The van der Waals surface area contributed by atoms with E-state index in [0.717, 1.165) is 70.6 Å². The van der Waals surface area contributed by atoms with Gasteiger partial charge in [-0.05, 0) is 83.5 Å². The lowest BCUT2D eigenvalue weighted by Crippen LogP contribution is -2.29. The van der Waals surface area contributed by atoms with E-state index < -0.39 is 32.5 Å². The number of esters is 2. The second-order valence-corrected chi connectivity index (χ2v) is 15.3. The largest absolute Gasteiger partial charge is 0.472 e. The first kappa shape index (κ1) is 53.9. The van der Waals surface area contributed by atoms with Gasteiger partial charge in [-0.1, -0.05) is 156 Å². The molecule has 10 heteroatoms. The number of carbonyl (C=O) groups is 2. The minimum atomic E-state index is -4.41. The van der Waals surface area contributed by atoms with Crippen molar-refractivity contribution >= 4 is 19.8 Å². The number of ether oxygens (including phenoxy) is 2. The van der Waals surface area contributed by atoms with Gasteiger partial charge in [-0.3, -0.25) is 18.6 Å². The zero-order valence-corrected chi connectivity index (χ0v) is 36.4. The van der Waals surface area contributed by atoms with Crippen LogP contribution in [0.2, 0.25) is 0 Å². The molecule has 9 nitrogen and oxygen atoms in total. The van der Waals surface area contributed by atoms with E-state index in [2.05, 4.69) is 98.9 Å². The summed E-state index contributed by atoms with van der Waals surface area (Å²) in [6, 6.07) is 0. The molecular formula is C47H78NO8P. The summed E-state index contributed by atoms with van der Waals surface area (Å²) >= 11 is 0. The summed E-state index contributed by atoms with van der Waals surface area (Å²) < 4.78 is 32.7. The van der Waals surface area contributed by atoms with Crippen molar-refractivity contribution in [1.82, 2.24) is 0 Å². The van der Waals surface area contributed by atoms with Crippen LogP contribution in [0.5, 0.6) is 0 Å². The molecule has 0 heterocycles. The van der Waals surface area contributed by atoms with Crippen LogP contribution in [-0.4, -0.2) is 49.3 Å². The fourth-order valence-corrected chi connectivity index (χ4v) is 6.04. The molecule has 0 amide bonds. The summed E-state index contributed by atoms with van der Waals surface area (Å²) in [5.41, 5.74) is 5.34. The first-order valence-electron chi connectivity index (χ1n) is 21.7. The summed E-state index contributed by atoms with van der Waals surface area (Å²) in [7, 11) is -4.41. The summed E-state index contributed by atoms with van der Waals surface area (Å²) in [6.07, 6.45) is 54.5. The highest BCUT2D eigenvalue weighted by atomic mass is 31.2. The van der Waals surface area contributed by atoms with Crippen molar-refractivity contribution in [2.45, 2.75) is 161 Å². The molecule has 0 spiro atoms. The highest BCUT2D eigenvalue weighted by Crippen LogP contribution is 2.43. The van der Waals surface area contributed by atoms with Crippen LogP contribution in [0.15, 0.2) is 97.2 Å². The van der Waals surface area contributed by atoms with E-state index in [1.54, 1.807) is 0 Å². The predicted molar refractivity (Wildman–Crippen MR) is 238 cm³/mol. The average molecular weight is 816 g/mol. The van der Waals surface area contributed by atoms with Crippen molar-refractivity contribution in [3.8, 4) is 0 Å². The second kappa shape index (κ2) is 42.5. The van der Waals surface area contributed by atoms with Crippen LogP contribution < -0.4 is 5.73 Å². The molecule has 0 saturated heterocycles. The molecule has 324 valence electrons. The molecule has 0 saturated carbocycles. The molecule has 3 N–H and O–H groups in total. The topological polar surface area (TPSA) is 134 Å². The molecule has 0 aliphatic rings. The standard InChI is InChI=1S/C47H78NO8P/c1-3-5-7-9-11-13-15-17-19-21-22-24-26-28-30-32-34-36-38-40-47(50)56-45(44-55-57(51,52)54-42-41-48)43-53-46(49)39-37-35-33-31-29-27-25-23-20-18-16-14-12-10-8-6-4-2/h5,7,11-14,17-20,22,24,28,30,34,36,45H,3-4,6,8-10,15-16,21,23,25-27,29,31-33,35,37-44,48H2,1-2H3,(H,51,52). The quantitative estimate of drug-likeness (QED) is 0.0269. The number of phosphoric acid groups is 1. The van der Waals surface area contributed by atoms with Crippen LogP contribution in [-0.2, 0) is 32.7 Å². The summed E-state index contributed by atoms with van der Waals surface area (Å²) in [4.78, 5) is 34.8. The smallest absolute Gasteiger partial charge is 0.462 e. The van der Waals surface area contributed by atoms with Crippen LogP contribution in [0.3, 0.4) is 0 Å². The second-order valence-electron chi connectivity index (χ2n) is 13.8. The lowest BCUT2D eigenvalue weighted by atomic mass is 10.1. The first-order chi connectivity index (χ1) is 27.8. The number of phosphoric ester groups is 1. The fraction of sp³-hybridized carbons (Fsp3) is 0.617. The van der Waals surface area contributed by atoms with E-state index >= 15 is 0 Å². The highest BCUT2D eigenvalue weighted by molar-refractivity contribution is 7.47. The van der Waals surface area contributed by atoms with Gasteiger partial charge < -0.3 is 20.1 Å². The Hall–Kier alpha value is -3.07. The maximum Gasteiger partial charge on any atom is 0.472 e. The van der Waals surface area contributed by atoms with Gasteiger partial charge in [-0.25, -0.2) is 4.57 Å². The molecule has 0 bridgehead atoms. The molecule has 2 unspecified atom stereocenters. The Morgan fingerprint density at radius 3 is 1.51 bits per heavy atom. The zero-order chi connectivity index (χ0) is 41.8. The Morgan fingerprint density at radius 2 is 1.00 bits per heavy atom. The molecule has 2 atom stereocenters. The Labute approximate surface area is 346 Å². The third-order valence-corrected chi connectivity index (χ3v) is 9.45. The molecule has 0 fully saturated rings. The molecular weight excluding hydrogens is 737 g/mol. The molecule has 0 aromatic carbocycles. The molecule has 0 rings (SSSR count). The van der Waals surface area contributed by atoms with E-state index in [1.165, 1.54) is 44.9 Å². The van der Waals surface area contributed by atoms with Gasteiger partial charge >= 0.3 is 19.8 Å². The van der Waals surface area contributed by atoms with Gasteiger partial charge in [0.1, 0.15) is 6.61 Å². The van der Waals surface area contributed by atoms with Gasteiger partial charge in [0.2, 0.25) is 0 Å². The van der Waals surface area contributed by atoms with E-state index in [9.17, 15) is 19.0 Å². The van der Waals surface area contributed by atoms with Crippen molar-refractivity contribution in [3.05, 3.63) is 97.2 Å². The minimum Gasteiger partial charge on any atom is -0.462 e. The van der Waals surface area contributed by atoms with Crippen LogP contribution in [0, 0.1) is 0 Å². The lowest BCUT2D eigenvalue weighted by molar-refractivity contribution is -0.161. The predicted octanol–water partition coefficient (Wildman–Crippen LogP) is 12.6. The molecule has 57 heavy (non-hydrogen) atoms. The van der Waals surface area contributed by atoms with E-state index in [4.69, 9.17) is 24.3 Å². The molecule has 0 aromatic heterocycles. The van der Waals surface area contributed by atoms with Crippen LogP contribution >= 0.6 is 7.82 Å². The van der Waals surface area contributed by atoms with Crippen molar-refractivity contribution in [2.75, 3.05) is 26.4 Å². The minimum absolute atomic E-state index is 0.0354. The third kappa shape index (κ3) is 42.4. The molecule has 0 aliphatic carbocycles. The van der Waals surface area contributed by atoms with Gasteiger partial charge in [-0.2, -0.15) is 0 Å². The number of rotatable bonds is 39. The zero-order valence-electron chi connectivity index (χ0n) is 35.5. The normalized spacial score (nSPS) is 14.2. The number of carbonyl (C=O) groups excluding carboxylic acids is 2. The van der Waals surface area contributed by atoms with Crippen molar-refractivity contribution in [1.29, 1.82) is 0 Å². The van der Waals surface area contributed by atoms with Crippen molar-refractivity contribution < 1.29 is 37.6 Å². The van der Waals surface area contributed by atoms with Gasteiger partial charge in [0.15, 0.2) is 6.10 Å². The van der Waals surface area contributed by atoms with E-state index in [0.29, 0.717) is 12.8 Å². The Kier molecular flexibility index (Phi) is 40.2. The number of allylic oxidation sites excluding steroid dienone is 16. The first-order valence-corrected chi connectivity index (χ1v) is 23.2. The average Bonchev–Trinajstić information content (AvgIpc) is 3.20. The van der Waals surface area contributed by atoms with Gasteiger partial charge in [-0.15, -0.1) is 0 Å². The summed E-state index contributed by atoms with van der Waals surface area (Å²) in [6.45, 7) is 3.47. The van der Waals surface area contributed by atoms with Crippen molar-refractivity contribution in [2.24, 2.45) is 5.73 Å². The highest BCUT2D eigenvalue weighted by Gasteiger charge is 2.25. The van der Waals surface area contributed by atoms with Gasteiger partial charge in [0.25, 0.3) is 0 Å². The third-order valence-electron chi connectivity index (χ3n) is 8.47. The van der Waals surface area contributed by atoms with Crippen molar-refractivity contribution in [3.63, 3.8) is 0 Å². The lowest BCUT2D eigenvalue weighted by Gasteiger charge is -2.19. The van der Waals surface area contributed by atoms with E-state index in [1.807, 2.05) is 12.2 Å². The number of hydrogen-bond acceptors (Lipinski definition) is 8.